The van der Waals surface area contributed by atoms with Crippen LogP contribution in [0.1, 0.15) is 37.3 Å². The Morgan fingerprint density at radius 1 is 1.03 bits per heavy atom. The smallest absolute Gasteiger partial charge is 0.245 e. The first kappa shape index (κ1) is 18.7. The van der Waals surface area contributed by atoms with E-state index in [2.05, 4.69) is 33.5 Å². The highest BCUT2D eigenvalue weighted by Gasteiger charge is 2.33. The molecule has 152 valence electrons. The molecular formula is C23H23N5O2. The van der Waals surface area contributed by atoms with Gasteiger partial charge in [-0.1, -0.05) is 0 Å². The number of rotatable bonds is 3. The Morgan fingerprint density at radius 2 is 1.83 bits per heavy atom. The molecule has 0 spiro atoms. The Labute approximate surface area is 174 Å². The fourth-order valence-electron chi connectivity index (χ4n) is 4.37. The Bertz CT molecular complexity index is 1090. The van der Waals surface area contributed by atoms with Crippen LogP contribution >= 0.6 is 0 Å². The molecule has 5 rings (SSSR count). The summed E-state index contributed by atoms with van der Waals surface area (Å²) in [5, 5.41) is 3.79. The van der Waals surface area contributed by atoms with Crippen molar-refractivity contribution in [2.75, 3.05) is 13.1 Å². The fraction of sp³-hybridized carbons (Fsp3) is 0.348. The summed E-state index contributed by atoms with van der Waals surface area (Å²) in [4.78, 5) is 39.3. The van der Waals surface area contributed by atoms with Gasteiger partial charge in [-0.2, -0.15) is 0 Å². The zero-order chi connectivity index (χ0) is 20.5. The van der Waals surface area contributed by atoms with Gasteiger partial charge in [0.25, 0.3) is 0 Å². The normalized spacial score (nSPS) is 19.8. The molecule has 2 saturated heterocycles. The minimum atomic E-state index is -0.341. The van der Waals surface area contributed by atoms with Crippen LogP contribution in [0.15, 0.2) is 48.9 Å². The summed E-state index contributed by atoms with van der Waals surface area (Å²) < 4.78 is 0. The molecule has 2 amide bonds. The monoisotopic (exact) mass is 401 g/mol. The van der Waals surface area contributed by atoms with Crippen LogP contribution in [0.4, 0.5) is 0 Å². The van der Waals surface area contributed by atoms with E-state index in [1.54, 1.807) is 12.4 Å². The third-order valence-electron chi connectivity index (χ3n) is 6.10. The molecular weight excluding hydrogens is 378 g/mol. The SMILES string of the molecule is O=C1CCC(C(=O)N2CCC(c3ccc4cc(-c5ccncc5)cnc4n3)CC2)N1. The molecule has 0 saturated carbocycles. The molecule has 1 unspecified atom stereocenters. The van der Waals surface area contributed by atoms with Gasteiger partial charge in [-0.3, -0.25) is 14.6 Å². The van der Waals surface area contributed by atoms with Crippen molar-refractivity contribution in [3.8, 4) is 11.1 Å². The Morgan fingerprint density at radius 3 is 2.57 bits per heavy atom. The number of carbonyl (C=O) groups excluding carboxylic acids is 2. The van der Waals surface area contributed by atoms with Crippen molar-refractivity contribution in [3.63, 3.8) is 0 Å². The van der Waals surface area contributed by atoms with Gasteiger partial charge in [-0.15, -0.1) is 0 Å². The number of amides is 2. The number of pyridine rings is 3. The topological polar surface area (TPSA) is 88.1 Å². The maximum atomic E-state index is 12.6. The Kier molecular flexibility index (Phi) is 4.86. The van der Waals surface area contributed by atoms with Crippen LogP contribution in [0.5, 0.6) is 0 Å². The van der Waals surface area contributed by atoms with Gasteiger partial charge < -0.3 is 10.2 Å². The average Bonchev–Trinajstić information content (AvgIpc) is 3.25. The van der Waals surface area contributed by atoms with E-state index in [-0.39, 0.29) is 17.9 Å². The third-order valence-corrected chi connectivity index (χ3v) is 6.10. The minimum absolute atomic E-state index is 0.0248. The molecule has 2 aliphatic heterocycles. The summed E-state index contributed by atoms with van der Waals surface area (Å²) in [6.07, 6.45) is 8.21. The van der Waals surface area contributed by atoms with E-state index >= 15 is 0 Å². The van der Waals surface area contributed by atoms with Crippen molar-refractivity contribution < 1.29 is 9.59 Å². The maximum absolute atomic E-state index is 12.6. The number of piperidine rings is 1. The second-order valence-electron chi connectivity index (χ2n) is 8.00. The van der Waals surface area contributed by atoms with Gasteiger partial charge >= 0.3 is 0 Å². The van der Waals surface area contributed by atoms with Crippen molar-refractivity contribution in [1.29, 1.82) is 0 Å². The third kappa shape index (κ3) is 3.63. The highest BCUT2D eigenvalue weighted by molar-refractivity contribution is 5.90. The summed E-state index contributed by atoms with van der Waals surface area (Å²) in [6.45, 7) is 1.40. The quantitative estimate of drug-likeness (QED) is 0.729. The number of nitrogens with one attached hydrogen (secondary N) is 1. The Hall–Kier alpha value is -3.35. The van der Waals surface area contributed by atoms with Crippen LogP contribution in [0.25, 0.3) is 22.2 Å². The van der Waals surface area contributed by atoms with Gasteiger partial charge in [-0.25, -0.2) is 9.97 Å². The molecule has 0 aromatic carbocycles. The summed E-state index contributed by atoms with van der Waals surface area (Å²) in [7, 11) is 0. The van der Waals surface area contributed by atoms with Crippen molar-refractivity contribution in [1.82, 2.24) is 25.2 Å². The highest BCUT2D eigenvalue weighted by Crippen LogP contribution is 2.29. The molecule has 7 nitrogen and oxygen atoms in total. The van der Waals surface area contributed by atoms with Gasteiger partial charge in [0.15, 0.2) is 5.65 Å². The lowest BCUT2D eigenvalue weighted by molar-refractivity contribution is -0.135. The summed E-state index contributed by atoms with van der Waals surface area (Å²) >= 11 is 0. The molecule has 5 heterocycles. The molecule has 7 heteroatoms. The van der Waals surface area contributed by atoms with E-state index in [9.17, 15) is 9.59 Å². The first-order valence-electron chi connectivity index (χ1n) is 10.4. The molecule has 3 aromatic rings. The van der Waals surface area contributed by atoms with E-state index < -0.39 is 0 Å². The van der Waals surface area contributed by atoms with Crippen LogP contribution in [-0.2, 0) is 9.59 Å². The largest absolute Gasteiger partial charge is 0.344 e. The molecule has 1 atom stereocenters. The van der Waals surface area contributed by atoms with Crippen LogP contribution in [-0.4, -0.2) is 50.8 Å². The van der Waals surface area contributed by atoms with E-state index in [1.165, 1.54) is 0 Å². The summed E-state index contributed by atoms with van der Waals surface area (Å²) in [5.41, 5.74) is 3.91. The summed E-state index contributed by atoms with van der Waals surface area (Å²) in [5.74, 6) is 0.345. The molecule has 2 fully saturated rings. The first-order valence-corrected chi connectivity index (χ1v) is 10.4. The first-order chi connectivity index (χ1) is 14.7. The standard InChI is InChI=1S/C23H23N5O2/c29-21-4-3-20(26-21)23(30)28-11-7-16(8-12-28)19-2-1-17-13-18(14-25-22(17)27-19)15-5-9-24-10-6-15/h1-2,5-6,9-10,13-14,16,20H,3-4,7-8,11-12H2,(H,26,29). The molecule has 0 aliphatic carbocycles. The van der Waals surface area contributed by atoms with E-state index in [0.717, 1.165) is 40.7 Å². The average molecular weight is 401 g/mol. The predicted octanol–water partition coefficient (Wildman–Crippen LogP) is 2.68. The van der Waals surface area contributed by atoms with Crippen molar-refractivity contribution in [2.45, 2.75) is 37.6 Å². The number of carbonyl (C=O) groups is 2. The summed E-state index contributed by atoms with van der Waals surface area (Å²) in [6, 6.07) is 9.87. The molecule has 1 N–H and O–H groups in total. The van der Waals surface area contributed by atoms with E-state index in [0.29, 0.717) is 31.8 Å². The number of hydrogen-bond donors (Lipinski definition) is 1. The number of hydrogen-bond acceptors (Lipinski definition) is 5. The maximum Gasteiger partial charge on any atom is 0.245 e. The number of aromatic nitrogens is 3. The Balaban J connectivity index is 1.28. The van der Waals surface area contributed by atoms with Gasteiger partial charge in [0.1, 0.15) is 6.04 Å². The lowest BCUT2D eigenvalue weighted by Crippen LogP contribution is -2.47. The zero-order valence-electron chi connectivity index (χ0n) is 16.6. The minimum Gasteiger partial charge on any atom is -0.344 e. The second kappa shape index (κ2) is 7.82. The lowest BCUT2D eigenvalue weighted by atomic mass is 9.92. The second-order valence-corrected chi connectivity index (χ2v) is 8.00. The fourth-order valence-corrected chi connectivity index (χ4v) is 4.37. The van der Waals surface area contributed by atoms with E-state index in [1.807, 2.05) is 23.2 Å². The molecule has 2 aliphatic rings. The van der Waals surface area contributed by atoms with Gasteiger partial charge in [0, 0.05) is 60.7 Å². The van der Waals surface area contributed by atoms with E-state index in [4.69, 9.17) is 4.98 Å². The van der Waals surface area contributed by atoms with Crippen molar-refractivity contribution in [3.05, 3.63) is 54.6 Å². The highest BCUT2D eigenvalue weighted by atomic mass is 16.2. The molecule has 30 heavy (non-hydrogen) atoms. The van der Waals surface area contributed by atoms with Gasteiger partial charge in [0.2, 0.25) is 11.8 Å². The predicted molar refractivity (Wildman–Crippen MR) is 112 cm³/mol. The van der Waals surface area contributed by atoms with Gasteiger partial charge in [0.05, 0.1) is 0 Å². The lowest BCUT2D eigenvalue weighted by Gasteiger charge is -2.33. The number of nitrogens with zero attached hydrogens (tertiary/aromatic N) is 4. The van der Waals surface area contributed by atoms with Crippen LogP contribution in [0.3, 0.4) is 0 Å². The molecule has 3 aromatic heterocycles. The van der Waals surface area contributed by atoms with Crippen LogP contribution in [0.2, 0.25) is 0 Å². The molecule has 0 radical (unpaired) electrons. The zero-order valence-corrected chi connectivity index (χ0v) is 16.6. The number of likely N-dealkylation sites (tertiary alicyclic amines) is 1. The van der Waals surface area contributed by atoms with Crippen LogP contribution in [0, 0.1) is 0 Å². The van der Waals surface area contributed by atoms with Gasteiger partial charge in [-0.05, 0) is 55.2 Å². The van der Waals surface area contributed by atoms with Crippen molar-refractivity contribution >= 4 is 22.8 Å². The van der Waals surface area contributed by atoms with Crippen LogP contribution < -0.4 is 5.32 Å². The molecule has 0 bridgehead atoms. The number of fused-ring (bicyclic) bond motifs is 1. The van der Waals surface area contributed by atoms with Crippen molar-refractivity contribution in [2.24, 2.45) is 0 Å².